The molecule has 0 radical (unpaired) electrons. The zero-order chi connectivity index (χ0) is 13.9. The van der Waals surface area contributed by atoms with Crippen LogP contribution < -0.4 is 17.2 Å². The van der Waals surface area contributed by atoms with Crippen LogP contribution >= 0.6 is 0 Å². The second-order valence-electron chi connectivity index (χ2n) is 3.45. The van der Waals surface area contributed by atoms with Crippen molar-refractivity contribution in [2.45, 2.75) is 0 Å². The molecule has 0 atom stereocenters. The van der Waals surface area contributed by atoms with E-state index in [9.17, 15) is 10.1 Å². The Kier molecular flexibility index (Phi) is 3.72. The smallest absolute Gasteiger partial charge is 0.382 e. The maximum absolute atomic E-state index is 10.1. The third-order valence-electron chi connectivity index (χ3n) is 2.15. The molecule has 2 heterocycles. The second kappa shape index (κ2) is 5.03. The number of hydrogen-bond acceptors (Lipinski definition) is 7. The van der Waals surface area contributed by atoms with Crippen molar-refractivity contribution in [2.24, 2.45) is 14.1 Å². The van der Waals surface area contributed by atoms with E-state index in [0.29, 0.717) is 11.6 Å². The topological polar surface area (TPSA) is 157 Å². The zero-order valence-corrected chi connectivity index (χ0v) is 9.94. The Morgan fingerprint density at radius 3 is 1.78 bits per heavy atom. The minimum Gasteiger partial charge on any atom is -0.382 e. The Balaban J connectivity index is 0.000000184. The predicted octanol–water partition coefficient (Wildman–Crippen LogP) is -0.505. The molecule has 0 fully saturated rings. The summed E-state index contributed by atoms with van der Waals surface area (Å²) in [5, 5.41) is 10.1. The van der Waals surface area contributed by atoms with Crippen LogP contribution in [0.3, 0.4) is 0 Å². The highest BCUT2D eigenvalue weighted by Gasteiger charge is 2.15. The number of aromatic nitrogens is 4. The quantitative estimate of drug-likeness (QED) is 0.457. The number of hydrogen-bond donors (Lipinski definition) is 3. The first-order valence-corrected chi connectivity index (χ1v) is 4.78. The minimum atomic E-state index is -0.616. The fraction of sp³-hybridized carbons (Fsp3) is 0.250. The number of nitrogens with two attached hydrogens (primary N) is 3. The lowest BCUT2D eigenvalue weighted by molar-refractivity contribution is -0.388. The molecule has 2 aromatic heterocycles. The van der Waals surface area contributed by atoms with Crippen molar-refractivity contribution in [1.29, 1.82) is 0 Å². The largest absolute Gasteiger partial charge is 0.406 e. The monoisotopic (exact) mass is 254 g/mol. The molecule has 6 N–H and O–H groups in total. The van der Waals surface area contributed by atoms with E-state index in [1.54, 1.807) is 25.0 Å². The van der Waals surface area contributed by atoms with E-state index in [4.69, 9.17) is 17.2 Å². The highest BCUT2D eigenvalue weighted by Crippen LogP contribution is 2.15. The van der Waals surface area contributed by atoms with Crippen LogP contribution in [-0.4, -0.2) is 24.0 Å². The van der Waals surface area contributed by atoms with Gasteiger partial charge in [-0.2, -0.15) is 0 Å². The van der Waals surface area contributed by atoms with Gasteiger partial charge in [0.05, 0.1) is 6.33 Å². The summed E-state index contributed by atoms with van der Waals surface area (Å²) < 4.78 is 3.05. The molecular formula is C8H14N8O2. The van der Waals surface area contributed by atoms with Crippen molar-refractivity contribution in [3.63, 3.8) is 0 Å². The Morgan fingerprint density at radius 2 is 1.61 bits per heavy atom. The van der Waals surface area contributed by atoms with Crippen molar-refractivity contribution in [1.82, 2.24) is 19.1 Å². The number of nitrogen functional groups attached to an aromatic ring is 3. The Labute approximate surface area is 102 Å². The molecule has 0 unspecified atom stereocenters. The van der Waals surface area contributed by atoms with Gasteiger partial charge in [-0.15, -0.1) is 0 Å². The molecule has 0 aliphatic carbocycles. The number of rotatable bonds is 1. The van der Waals surface area contributed by atoms with E-state index >= 15 is 0 Å². The first kappa shape index (κ1) is 13.3. The van der Waals surface area contributed by atoms with Gasteiger partial charge < -0.3 is 31.9 Å². The average Bonchev–Trinajstić information content (AvgIpc) is 2.79. The molecule has 10 heteroatoms. The van der Waals surface area contributed by atoms with Gasteiger partial charge in [-0.1, -0.05) is 0 Å². The van der Waals surface area contributed by atoms with Gasteiger partial charge in [0.1, 0.15) is 5.82 Å². The van der Waals surface area contributed by atoms with Gasteiger partial charge in [-0.3, -0.25) is 4.57 Å². The van der Waals surface area contributed by atoms with Crippen molar-refractivity contribution < 1.29 is 4.92 Å². The van der Waals surface area contributed by atoms with Crippen LogP contribution in [0.25, 0.3) is 0 Å². The van der Waals surface area contributed by atoms with Crippen LogP contribution in [0.15, 0.2) is 12.7 Å². The third-order valence-corrected chi connectivity index (χ3v) is 2.15. The molecule has 10 nitrogen and oxygen atoms in total. The molecule has 0 saturated heterocycles. The van der Waals surface area contributed by atoms with E-state index in [1.807, 2.05) is 0 Å². The minimum absolute atomic E-state index is 0.0741. The third kappa shape index (κ3) is 2.66. The number of nitrogens with zero attached hydrogens (tertiary/aromatic N) is 5. The molecule has 2 rings (SSSR count). The molecule has 18 heavy (non-hydrogen) atoms. The average molecular weight is 254 g/mol. The number of anilines is 3. The van der Waals surface area contributed by atoms with E-state index in [2.05, 4.69) is 9.97 Å². The lowest BCUT2D eigenvalue weighted by Crippen LogP contribution is -1.98. The predicted molar refractivity (Wildman–Crippen MR) is 66.3 cm³/mol. The summed E-state index contributed by atoms with van der Waals surface area (Å²) in [4.78, 5) is 16.7. The molecule has 0 aliphatic rings. The number of imidazole rings is 2. The first-order valence-electron chi connectivity index (χ1n) is 4.78. The van der Waals surface area contributed by atoms with E-state index < -0.39 is 4.92 Å². The normalized spacial score (nSPS) is 9.67. The SMILES string of the molecule is Cn1cnc(N)c1N.Cn1cnc([N+](=O)[O-])c1N. The van der Waals surface area contributed by atoms with Crippen molar-refractivity contribution in [3.05, 3.63) is 22.8 Å². The van der Waals surface area contributed by atoms with Crippen molar-refractivity contribution in [3.8, 4) is 0 Å². The van der Waals surface area contributed by atoms with Gasteiger partial charge in [0.25, 0.3) is 0 Å². The Bertz CT molecular complexity index is 538. The summed E-state index contributed by atoms with van der Waals surface area (Å²) in [6, 6.07) is 0. The summed E-state index contributed by atoms with van der Waals surface area (Å²) in [5.74, 6) is 0.699. The first-order chi connectivity index (χ1) is 8.34. The Morgan fingerprint density at radius 1 is 1.11 bits per heavy atom. The second-order valence-corrected chi connectivity index (χ2v) is 3.45. The van der Waals surface area contributed by atoms with Crippen LogP contribution in [0.2, 0.25) is 0 Å². The van der Waals surface area contributed by atoms with Gasteiger partial charge in [-0.25, -0.2) is 4.98 Å². The number of aryl methyl sites for hydroxylation is 2. The fourth-order valence-corrected chi connectivity index (χ4v) is 1.03. The van der Waals surface area contributed by atoms with Crippen LogP contribution in [-0.2, 0) is 14.1 Å². The summed E-state index contributed by atoms with van der Waals surface area (Å²) in [7, 11) is 3.38. The number of nitro groups is 1. The molecule has 0 bridgehead atoms. The van der Waals surface area contributed by atoms with Gasteiger partial charge >= 0.3 is 5.82 Å². The summed E-state index contributed by atoms with van der Waals surface area (Å²) in [5.41, 5.74) is 15.9. The fourth-order valence-electron chi connectivity index (χ4n) is 1.03. The molecule has 0 aromatic carbocycles. The maximum Gasteiger partial charge on any atom is 0.406 e. The standard InChI is InChI=1S/C4H6N4O2.C4H8N4/c1-7-2-6-4(3(7)5)8(9)10;1-8-2-7-3(5)4(8)6/h2H,5H2,1H3;2H,5-6H2,1H3. The lowest BCUT2D eigenvalue weighted by Gasteiger charge is -1.90. The Hall–Kier alpha value is -2.78. The van der Waals surface area contributed by atoms with E-state index in [0.717, 1.165) is 0 Å². The van der Waals surface area contributed by atoms with Gasteiger partial charge in [0.2, 0.25) is 12.1 Å². The molecule has 2 aromatic rings. The molecule has 0 aliphatic heterocycles. The molecule has 0 saturated carbocycles. The van der Waals surface area contributed by atoms with Crippen LogP contribution in [0.4, 0.5) is 23.3 Å². The summed E-state index contributed by atoms with van der Waals surface area (Å²) in [6.45, 7) is 0. The van der Waals surface area contributed by atoms with Crippen LogP contribution in [0.1, 0.15) is 0 Å². The van der Waals surface area contributed by atoms with Crippen molar-refractivity contribution >= 4 is 23.3 Å². The summed E-state index contributed by atoms with van der Waals surface area (Å²) in [6.07, 6.45) is 2.87. The van der Waals surface area contributed by atoms with Gasteiger partial charge in [0, 0.05) is 14.1 Å². The zero-order valence-electron chi connectivity index (χ0n) is 9.94. The molecule has 0 amide bonds. The maximum atomic E-state index is 10.1. The van der Waals surface area contributed by atoms with Crippen molar-refractivity contribution in [2.75, 3.05) is 17.2 Å². The van der Waals surface area contributed by atoms with Gasteiger partial charge in [-0.05, 0) is 9.91 Å². The highest BCUT2D eigenvalue weighted by atomic mass is 16.6. The van der Waals surface area contributed by atoms with Gasteiger partial charge in [0.15, 0.2) is 5.82 Å². The molecule has 98 valence electrons. The van der Waals surface area contributed by atoms with Crippen LogP contribution in [0, 0.1) is 10.1 Å². The highest BCUT2D eigenvalue weighted by molar-refractivity contribution is 5.52. The van der Waals surface area contributed by atoms with E-state index in [-0.39, 0.29) is 11.6 Å². The molecule has 0 spiro atoms. The summed E-state index contributed by atoms with van der Waals surface area (Å²) >= 11 is 0. The van der Waals surface area contributed by atoms with Crippen LogP contribution in [0.5, 0.6) is 0 Å². The van der Waals surface area contributed by atoms with E-state index in [1.165, 1.54) is 10.9 Å². The molecular weight excluding hydrogens is 240 g/mol. The lowest BCUT2D eigenvalue weighted by atomic mass is 10.7.